The molecule has 5 nitrogen and oxygen atoms in total. The number of primary amides is 1. The van der Waals surface area contributed by atoms with E-state index in [-0.39, 0.29) is 11.3 Å². The number of aromatic hydroxyl groups is 1. The molecule has 0 aliphatic carbocycles. The molecule has 0 heterocycles. The lowest BCUT2D eigenvalue weighted by molar-refractivity contribution is 0.0597. The van der Waals surface area contributed by atoms with Crippen molar-refractivity contribution < 1.29 is 19.4 Å². The van der Waals surface area contributed by atoms with Crippen LogP contribution in [0, 0.1) is 0 Å². The van der Waals surface area contributed by atoms with E-state index < -0.39 is 11.9 Å². The summed E-state index contributed by atoms with van der Waals surface area (Å²) in [6, 6.07) is 7.66. The second-order valence-electron chi connectivity index (χ2n) is 3.79. The zero-order valence-electron chi connectivity index (χ0n) is 9.64. The van der Waals surface area contributed by atoms with E-state index >= 15 is 0 Å². The van der Waals surface area contributed by atoms with Gasteiger partial charge in [0.25, 0.3) is 0 Å². The fourth-order valence-corrected chi connectivity index (χ4v) is 1.71. The number of amides is 1. The first-order chi connectivity index (χ1) is 8.52. The van der Waals surface area contributed by atoms with E-state index in [4.69, 9.17) is 5.73 Å². The number of carbonyl (C=O) groups excluding carboxylic acids is 2. The maximum Gasteiger partial charge on any atom is 0.341 e. The van der Waals surface area contributed by atoms with E-state index in [0.29, 0.717) is 16.3 Å². The summed E-state index contributed by atoms with van der Waals surface area (Å²) < 4.78 is 4.55. The summed E-state index contributed by atoms with van der Waals surface area (Å²) in [4.78, 5) is 22.5. The highest BCUT2D eigenvalue weighted by atomic mass is 16.5. The van der Waals surface area contributed by atoms with Crippen LogP contribution in [0.5, 0.6) is 5.75 Å². The maximum absolute atomic E-state index is 11.4. The monoisotopic (exact) mass is 245 g/mol. The van der Waals surface area contributed by atoms with Crippen molar-refractivity contribution in [2.75, 3.05) is 7.11 Å². The van der Waals surface area contributed by atoms with Gasteiger partial charge in [0.05, 0.1) is 7.11 Å². The van der Waals surface area contributed by atoms with Crippen LogP contribution < -0.4 is 5.73 Å². The van der Waals surface area contributed by atoms with Crippen LogP contribution in [-0.2, 0) is 4.74 Å². The second-order valence-corrected chi connectivity index (χ2v) is 3.79. The van der Waals surface area contributed by atoms with Gasteiger partial charge in [-0.15, -0.1) is 0 Å². The highest BCUT2D eigenvalue weighted by molar-refractivity contribution is 6.01. The number of nitrogens with two attached hydrogens (primary N) is 1. The van der Waals surface area contributed by atoms with Gasteiger partial charge in [0.1, 0.15) is 11.3 Å². The zero-order chi connectivity index (χ0) is 13.3. The molecule has 0 aromatic heterocycles. The Bertz CT molecular complexity index is 649. The average Bonchev–Trinajstić information content (AvgIpc) is 2.36. The average molecular weight is 245 g/mol. The van der Waals surface area contributed by atoms with Gasteiger partial charge >= 0.3 is 5.97 Å². The predicted octanol–water partition coefficient (Wildman–Crippen LogP) is 1.43. The third kappa shape index (κ3) is 1.98. The van der Waals surface area contributed by atoms with Crippen molar-refractivity contribution in [2.45, 2.75) is 0 Å². The summed E-state index contributed by atoms with van der Waals surface area (Å²) in [6.45, 7) is 0. The van der Waals surface area contributed by atoms with Gasteiger partial charge in [0.15, 0.2) is 0 Å². The minimum absolute atomic E-state index is 0.0478. The van der Waals surface area contributed by atoms with Gasteiger partial charge in [-0.3, -0.25) is 4.79 Å². The lowest BCUT2D eigenvalue weighted by Gasteiger charge is -2.06. The molecule has 0 saturated heterocycles. The number of carbonyl (C=O) groups is 2. The number of hydrogen-bond donors (Lipinski definition) is 2. The zero-order valence-corrected chi connectivity index (χ0v) is 9.64. The Balaban J connectivity index is 2.66. The lowest BCUT2D eigenvalue weighted by Crippen LogP contribution is -2.10. The smallest absolute Gasteiger partial charge is 0.341 e. The van der Waals surface area contributed by atoms with Crippen LogP contribution in [0.1, 0.15) is 20.7 Å². The van der Waals surface area contributed by atoms with Gasteiger partial charge in [-0.1, -0.05) is 6.07 Å². The van der Waals surface area contributed by atoms with E-state index in [2.05, 4.69) is 4.74 Å². The summed E-state index contributed by atoms with van der Waals surface area (Å²) in [5, 5.41) is 11.0. The molecule has 1 amide bonds. The highest BCUT2D eigenvalue weighted by Crippen LogP contribution is 2.26. The summed E-state index contributed by atoms with van der Waals surface area (Å²) in [5.74, 6) is -1.36. The van der Waals surface area contributed by atoms with E-state index in [0.717, 1.165) is 0 Å². The summed E-state index contributed by atoms with van der Waals surface area (Å²) >= 11 is 0. The molecule has 3 N–H and O–H groups in total. The van der Waals surface area contributed by atoms with Crippen molar-refractivity contribution >= 4 is 22.6 Å². The predicted molar refractivity (Wildman–Crippen MR) is 65.5 cm³/mol. The number of phenolic OH excluding ortho intramolecular Hbond substituents is 1. The molecule has 0 aliphatic rings. The van der Waals surface area contributed by atoms with Crippen LogP contribution in [0.3, 0.4) is 0 Å². The minimum atomic E-state index is -0.640. The third-order valence-electron chi connectivity index (χ3n) is 2.64. The third-order valence-corrected chi connectivity index (χ3v) is 2.64. The van der Waals surface area contributed by atoms with Gasteiger partial charge in [0.2, 0.25) is 5.91 Å². The molecule has 0 saturated carbocycles. The molecule has 0 bridgehead atoms. The molecule has 0 radical (unpaired) electrons. The van der Waals surface area contributed by atoms with Crippen LogP contribution in [-0.4, -0.2) is 24.1 Å². The first-order valence-corrected chi connectivity index (χ1v) is 5.18. The van der Waals surface area contributed by atoms with Crippen LogP contribution in [0.15, 0.2) is 30.3 Å². The van der Waals surface area contributed by atoms with E-state index in [1.807, 2.05) is 0 Å². The molecule has 0 fully saturated rings. The normalized spacial score (nSPS) is 10.3. The number of rotatable bonds is 2. The summed E-state index contributed by atoms with van der Waals surface area (Å²) in [5.41, 5.74) is 5.56. The van der Waals surface area contributed by atoms with E-state index in [1.54, 1.807) is 18.2 Å². The van der Waals surface area contributed by atoms with Crippen LogP contribution in [0.4, 0.5) is 0 Å². The molecular weight excluding hydrogens is 234 g/mol. The largest absolute Gasteiger partial charge is 0.507 e. The molecule has 5 heteroatoms. The SMILES string of the molecule is COC(=O)c1cc2cc(C(N)=O)ccc2cc1O. The van der Waals surface area contributed by atoms with Gasteiger partial charge < -0.3 is 15.6 Å². The van der Waals surface area contributed by atoms with Crippen LogP contribution in [0.25, 0.3) is 10.8 Å². The van der Waals surface area contributed by atoms with Crippen LogP contribution >= 0.6 is 0 Å². The van der Waals surface area contributed by atoms with Crippen molar-refractivity contribution in [1.82, 2.24) is 0 Å². The van der Waals surface area contributed by atoms with Crippen LogP contribution in [0.2, 0.25) is 0 Å². The number of ether oxygens (including phenoxy) is 1. The number of esters is 1. The number of methoxy groups -OCH3 is 1. The molecule has 18 heavy (non-hydrogen) atoms. The Morgan fingerprint density at radius 3 is 2.50 bits per heavy atom. The van der Waals surface area contributed by atoms with Crippen molar-refractivity contribution in [3.05, 3.63) is 41.5 Å². The Morgan fingerprint density at radius 2 is 1.89 bits per heavy atom. The Hall–Kier alpha value is -2.56. The fraction of sp³-hybridized carbons (Fsp3) is 0.0769. The first-order valence-electron chi connectivity index (χ1n) is 5.18. The molecular formula is C13H11NO4. The maximum atomic E-state index is 11.4. The number of phenols is 1. The standard InChI is InChI=1S/C13H11NO4/c1-18-13(17)10-5-9-4-8(12(14)16)3-2-7(9)6-11(10)15/h2-6,15H,1H3,(H2,14,16). The molecule has 0 aliphatic heterocycles. The quantitative estimate of drug-likeness (QED) is 0.783. The Labute approximate surface area is 103 Å². The number of fused-ring (bicyclic) bond motifs is 1. The fourth-order valence-electron chi connectivity index (χ4n) is 1.71. The second kappa shape index (κ2) is 4.37. The molecule has 2 aromatic carbocycles. The molecule has 2 aromatic rings. The molecule has 92 valence electrons. The lowest BCUT2D eigenvalue weighted by atomic mass is 10.0. The molecule has 0 spiro atoms. The summed E-state index contributed by atoms with van der Waals surface area (Å²) in [6.07, 6.45) is 0. The van der Waals surface area contributed by atoms with Gasteiger partial charge in [-0.2, -0.15) is 0 Å². The minimum Gasteiger partial charge on any atom is -0.507 e. The number of benzene rings is 2. The number of hydrogen-bond acceptors (Lipinski definition) is 4. The Morgan fingerprint density at radius 1 is 1.17 bits per heavy atom. The molecule has 0 atom stereocenters. The first kappa shape index (κ1) is 11.9. The van der Waals surface area contributed by atoms with Gasteiger partial charge in [0, 0.05) is 5.56 Å². The topological polar surface area (TPSA) is 89.6 Å². The van der Waals surface area contributed by atoms with Gasteiger partial charge in [-0.25, -0.2) is 4.79 Å². The van der Waals surface area contributed by atoms with Crippen molar-refractivity contribution in [1.29, 1.82) is 0 Å². The van der Waals surface area contributed by atoms with Crippen molar-refractivity contribution in [3.63, 3.8) is 0 Å². The molecule has 2 rings (SSSR count). The van der Waals surface area contributed by atoms with E-state index in [9.17, 15) is 14.7 Å². The summed E-state index contributed by atoms with van der Waals surface area (Å²) in [7, 11) is 1.23. The van der Waals surface area contributed by atoms with E-state index in [1.165, 1.54) is 19.2 Å². The highest BCUT2D eigenvalue weighted by Gasteiger charge is 2.13. The van der Waals surface area contributed by atoms with Gasteiger partial charge in [-0.05, 0) is 35.0 Å². The Kier molecular flexibility index (Phi) is 2.89. The van der Waals surface area contributed by atoms with Crippen molar-refractivity contribution in [3.8, 4) is 5.75 Å². The molecule has 0 unspecified atom stereocenters. The van der Waals surface area contributed by atoms with Crippen molar-refractivity contribution in [2.24, 2.45) is 5.73 Å².